The SMILES string of the molecule is CC(C)(C)OC(=O)N1CCN(c2ccc(F)cc2-c2ccco2)CC1. The number of carbonyl (C=O) groups excluding carboxylic acids is 1. The van der Waals surface area contributed by atoms with Crippen LogP contribution in [0.25, 0.3) is 11.3 Å². The van der Waals surface area contributed by atoms with Crippen molar-refractivity contribution in [2.45, 2.75) is 26.4 Å². The molecule has 0 unspecified atom stereocenters. The van der Waals surface area contributed by atoms with E-state index in [1.807, 2.05) is 26.8 Å². The maximum absolute atomic E-state index is 13.7. The molecule has 0 saturated carbocycles. The zero-order chi connectivity index (χ0) is 18.0. The first-order valence-corrected chi connectivity index (χ1v) is 8.40. The molecule has 0 radical (unpaired) electrons. The van der Waals surface area contributed by atoms with Gasteiger partial charge in [0.2, 0.25) is 0 Å². The second kappa shape index (κ2) is 6.78. The van der Waals surface area contributed by atoms with Crippen LogP contribution in [0.2, 0.25) is 0 Å². The number of hydrogen-bond donors (Lipinski definition) is 0. The Hall–Kier alpha value is -2.50. The minimum absolute atomic E-state index is 0.294. The number of carbonyl (C=O) groups is 1. The Morgan fingerprint density at radius 3 is 2.48 bits per heavy atom. The number of piperazine rings is 1. The van der Waals surface area contributed by atoms with E-state index in [9.17, 15) is 9.18 Å². The molecule has 3 rings (SSSR count). The molecule has 0 atom stereocenters. The van der Waals surface area contributed by atoms with Gasteiger partial charge >= 0.3 is 6.09 Å². The van der Waals surface area contributed by atoms with Crippen LogP contribution in [0.1, 0.15) is 20.8 Å². The van der Waals surface area contributed by atoms with Crippen LogP contribution in [0.5, 0.6) is 0 Å². The topological polar surface area (TPSA) is 45.9 Å². The van der Waals surface area contributed by atoms with E-state index in [-0.39, 0.29) is 11.9 Å². The molecule has 1 aliphatic rings. The summed E-state index contributed by atoms with van der Waals surface area (Å²) >= 11 is 0. The van der Waals surface area contributed by atoms with Crippen LogP contribution in [0.3, 0.4) is 0 Å². The summed E-state index contributed by atoms with van der Waals surface area (Å²) in [6.07, 6.45) is 1.28. The lowest BCUT2D eigenvalue weighted by Gasteiger charge is -2.37. The molecule has 1 aromatic heterocycles. The summed E-state index contributed by atoms with van der Waals surface area (Å²) in [6, 6.07) is 8.28. The first kappa shape index (κ1) is 17.3. The maximum Gasteiger partial charge on any atom is 0.410 e. The highest BCUT2D eigenvalue weighted by Crippen LogP contribution is 2.32. The molecule has 6 heteroatoms. The van der Waals surface area contributed by atoms with Gasteiger partial charge < -0.3 is 19.0 Å². The van der Waals surface area contributed by atoms with Gasteiger partial charge in [0, 0.05) is 37.4 Å². The van der Waals surface area contributed by atoms with Gasteiger partial charge in [-0.15, -0.1) is 0 Å². The molecule has 5 nitrogen and oxygen atoms in total. The van der Waals surface area contributed by atoms with E-state index in [1.54, 1.807) is 23.3 Å². The smallest absolute Gasteiger partial charge is 0.410 e. The van der Waals surface area contributed by atoms with Gasteiger partial charge in [0.1, 0.15) is 17.2 Å². The molecule has 1 saturated heterocycles. The standard InChI is InChI=1S/C19H23FN2O3/c1-19(2,3)25-18(23)22-10-8-21(9-11-22)16-7-6-14(20)13-15(16)17-5-4-12-24-17/h4-7,12-13H,8-11H2,1-3H3. The fourth-order valence-electron chi connectivity index (χ4n) is 2.87. The van der Waals surface area contributed by atoms with Crippen molar-refractivity contribution in [3.8, 4) is 11.3 Å². The molecule has 0 aliphatic carbocycles. The van der Waals surface area contributed by atoms with E-state index >= 15 is 0 Å². The molecule has 0 N–H and O–H groups in total. The van der Waals surface area contributed by atoms with E-state index in [4.69, 9.17) is 9.15 Å². The van der Waals surface area contributed by atoms with Crippen molar-refractivity contribution in [2.75, 3.05) is 31.1 Å². The van der Waals surface area contributed by atoms with Crippen molar-refractivity contribution in [1.29, 1.82) is 0 Å². The third-order valence-corrected chi connectivity index (χ3v) is 4.02. The van der Waals surface area contributed by atoms with Crippen LogP contribution in [0.15, 0.2) is 41.0 Å². The predicted molar refractivity (Wildman–Crippen MR) is 94.1 cm³/mol. The molecule has 2 aromatic rings. The van der Waals surface area contributed by atoms with E-state index in [2.05, 4.69) is 4.90 Å². The summed E-state index contributed by atoms with van der Waals surface area (Å²) in [5, 5.41) is 0. The summed E-state index contributed by atoms with van der Waals surface area (Å²) in [5.74, 6) is 0.326. The number of benzene rings is 1. The zero-order valence-electron chi connectivity index (χ0n) is 14.8. The second-order valence-corrected chi connectivity index (χ2v) is 7.09. The van der Waals surface area contributed by atoms with Crippen molar-refractivity contribution in [3.63, 3.8) is 0 Å². The van der Waals surface area contributed by atoms with Gasteiger partial charge in [0.25, 0.3) is 0 Å². The van der Waals surface area contributed by atoms with Gasteiger partial charge in [-0.25, -0.2) is 9.18 Å². The largest absolute Gasteiger partial charge is 0.464 e. The second-order valence-electron chi connectivity index (χ2n) is 7.09. The molecule has 1 fully saturated rings. The van der Waals surface area contributed by atoms with Gasteiger partial charge in [0.05, 0.1) is 6.26 Å². The third kappa shape index (κ3) is 4.13. The molecule has 134 valence electrons. The fourth-order valence-corrected chi connectivity index (χ4v) is 2.87. The van der Waals surface area contributed by atoms with Gasteiger partial charge in [0.15, 0.2) is 0 Å². The van der Waals surface area contributed by atoms with Gasteiger partial charge in [-0.1, -0.05) is 0 Å². The number of ether oxygens (including phenoxy) is 1. The number of furan rings is 1. The Kier molecular flexibility index (Phi) is 4.70. The summed E-state index contributed by atoms with van der Waals surface area (Å²) < 4.78 is 24.6. The monoisotopic (exact) mass is 346 g/mol. The van der Waals surface area contributed by atoms with E-state index in [1.165, 1.54) is 12.1 Å². The molecule has 25 heavy (non-hydrogen) atoms. The van der Waals surface area contributed by atoms with Gasteiger partial charge in [-0.2, -0.15) is 0 Å². The molecule has 0 bridgehead atoms. The maximum atomic E-state index is 13.7. The molecule has 1 aliphatic heterocycles. The summed E-state index contributed by atoms with van der Waals surface area (Å²) in [5.41, 5.74) is 1.12. The van der Waals surface area contributed by atoms with Crippen molar-refractivity contribution in [1.82, 2.24) is 4.90 Å². The normalized spacial score (nSPS) is 15.4. The third-order valence-electron chi connectivity index (χ3n) is 4.02. The molecular formula is C19H23FN2O3. The van der Waals surface area contributed by atoms with Crippen LogP contribution in [-0.4, -0.2) is 42.8 Å². The van der Waals surface area contributed by atoms with Gasteiger partial charge in [-0.05, 0) is 51.1 Å². The summed E-state index contributed by atoms with van der Waals surface area (Å²) in [4.78, 5) is 16.0. The number of halogens is 1. The number of rotatable bonds is 2. The molecular weight excluding hydrogens is 323 g/mol. The average molecular weight is 346 g/mol. The highest BCUT2D eigenvalue weighted by Gasteiger charge is 2.27. The zero-order valence-corrected chi connectivity index (χ0v) is 14.8. The van der Waals surface area contributed by atoms with Crippen LogP contribution < -0.4 is 4.90 Å². The van der Waals surface area contributed by atoms with Crippen molar-refractivity contribution >= 4 is 11.8 Å². The van der Waals surface area contributed by atoms with Crippen molar-refractivity contribution in [2.24, 2.45) is 0 Å². The van der Waals surface area contributed by atoms with Crippen molar-refractivity contribution in [3.05, 3.63) is 42.4 Å². The highest BCUT2D eigenvalue weighted by atomic mass is 19.1. The molecule has 1 aromatic carbocycles. The van der Waals surface area contributed by atoms with Crippen LogP contribution in [0, 0.1) is 5.82 Å². The minimum Gasteiger partial charge on any atom is -0.464 e. The van der Waals surface area contributed by atoms with Crippen LogP contribution >= 0.6 is 0 Å². The van der Waals surface area contributed by atoms with Gasteiger partial charge in [-0.3, -0.25) is 0 Å². The lowest BCUT2D eigenvalue weighted by Crippen LogP contribution is -2.50. The number of hydrogen-bond acceptors (Lipinski definition) is 4. The highest BCUT2D eigenvalue weighted by molar-refractivity contribution is 5.76. The number of nitrogens with zero attached hydrogens (tertiary/aromatic N) is 2. The minimum atomic E-state index is -0.502. The Morgan fingerprint density at radius 2 is 1.88 bits per heavy atom. The number of amides is 1. The molecule has 1 amide bonds. The van der Waals surface area contributed by atoms with Crippen LogP contribution in [0.4, 0.5) is 14.9 Å². The van der Waals surface area contributed by atoms with Crippen molar-refractivity contribution < 1.29 is 18.3 Å². The summed E-state index contributed by atoms with van der Waals surface area (Å²) in [6.45, 7) is 7.99. The lowest BCUT2D eigenvalue weighted by atomic mass is 10.1. The number of anilines is 1. The van der Waals surface area contributed by atoms with E-state index in [0.29, 0.717) is 31.9 Å². The van der Waals surface area contributed by atoms with E-state index in [0.717, 1.165) is 11.3 Å². The first-order chi connectivity index (χ1) is 11.8. The Morgan fingerprint density at radius 1 is 1.16 bits per heavy atom. The first-order valence-electron chi connectivity index (χ1n) is 8.40. The lowest BCUT2D eigenvalue weighted by molar-refractivity contribution is 0.0240. The Balaban J connectivity index is 1.73. The van der Waals surface area contributed by atoms with Crippen LogP contribution in [-0.2, 0) is 4.74 Å². The fraction of sp³-hybridized carbons (Fsp3) is 0.421. The predicted octanol–water partition coefficient (Wildman–Crippen LogP) is 4.14. The molecule has 2 heterocycles. The summed E-state index contributed by atoms with van der Waals surface area (Å²) in [7, 11) is 0. The Bertz CT molecular complexity index is 730. The quantitative estimate of drug-likeness (QED) is 0.820. The molecule has 0 spiro atoms. The van der Waals surface area contributed by atoms with E-state index < -0.39 is 5.60 Å². The Labute approximate surface area is 147 Å². The average Bonchev–Trinajstić information content (AvgIpc) is 3.08.